The standard InChI is InChI=1S/C11H24N2O/c1-3-5-10(4-2)6-7-11(14)13-9-8-12/h10H,3-9,12H2,1-2H3,(H,13,14). The van der Waals surface area contributed by atoms with Gasteiger partial charge in [-0.2, -0.15) is 0 Å². The Hall–Kier alpha value is -0.570. The maximum atomic E-state index is 11.3. The SMILES string of the molecule is CCCC(CC)CCC(=O)NCCN. The average molecular weight is 200 g/mol. The van der Waals surface area contributed by atoms with Gasteiger partial charge in [-0.25, -0.2) is 0 Å². The zero-order valence-corrected chi connectivity index (χ0v) is 9.51. The van der Waals surface area contributed by atoms with Crippen LogP contribution in [-0.2, 0) is 4.79 Å². The van der Waals surface area contributed by atoms with Gasteiger partial charge in [0.1, 0.15) is 0 Å². The van der Waals surface area contributed by atoms with Crippen LogP contribution in [0.5, 0.6) is 0 Å². The van der Waals surface area contributed by atoms with Crippen LogP contribution in [-0.4, -0.2) is 19.0 Å². The van der Waals surface area contributed by atoms with Gasteiger partial charge in [-0.05, 0) is 12.3 Å². The van der Waals surface area contributed by atoms with Gasteiger partial charge in [-0.1, -0.05) is 33.1 Å². The topological polar surface area (TPSA) is 55.1 Å². The maximum Gasteiger partial charge on any atom is 0.220 e. The smallest absolute Gasteiger partial charge is 0.220 e. The Bertz CT molecular complexity index is 148. The van der Waals surface area contributed by atoms with Crippen molar-refractivity contribution in [3.05, 3.63) is 0 Å². The number of amides is 1. The Balaban J connectivity index is 3.52. The molecule has 3 heteroatoms. The molecule has 0 fully saturated rings. The summed E-state index contributed by atoms with van der Waals surface area (Å²) in [5.74, 6) is 0.855. The third-order valence-corrected chi connectivity index (χ3v) is 2.52. The van der Waals surface area contributed by atoms with Crippen LogP contribution in [0.4, 0.5) is 0 Å². The van der Waals surface area contributed by atoms with Gasteiger partial charge in [-0.15, -0.1) is 0 Å². The molecular formula is C11H24N2O. The first-order valence-corrected chi connectivity index (χ1v) is 5.71. The Morgan fingerprint density at radius 2 is 2.07 bits per heavy atom. The monoisotopic (exact) mass is 200 g/mol. The highest BCUT2D eigenvalue weighted by Gasteiger charge is 2.07. The number of carbonyl (C=O) groups excluding carboxylic acids is 1. The summed E-state index contributed by atoms with van der Waals surface area (Å²) in [7, 11) is 0. The van der Waals surface area contributed by atoms with Crippen LogP contribution in [0.15, 0.2) is 0 Å². The Morgan fingerprint density at radius 3 is 2.57 bits per heavy atom. The molecule has 3 N–H and O–H groups in total. The van der Waals surface area contributed by atoms with E-state index >= 15 is 0 Å². The molecule has 0 aliphatic heterocycles. The minimum Gasteiger partial charge on any atom is -0.355 e. The molecule has 0 aromatic carbocycles. The molecule has 0 saturated carbocycles. The van der Waals surface area contributed by atoms with Gasteiger partial charge in [0, 0.05) is 19.5 Å². The zero-order valence-electron chi connectivity index (χ0n) is 9.51. The predicted octanol–water partition coefficient (Wildman–Crippen LogP) is 1.67. The molecule has 1 unspecified atom stereocenters. The summed E-state index contributed by atoms with van der Waals surface area (Å²) < 4.78 is 0. The average Bonchev–Trinajstić information content (AvgIpc) is 2.21. The molecule has 0 aromatic heterocycles. The van der Waals surface area contributed by atoms with Crippen molar-refractivity contribution >= 4 is 5.91 Å². The molecule has 3 nitrogen and oxygen atoms in total. The molecular weight excluding hydrogens is 176 g/mol. The fraction of sp³-hybridized carbons (Fsp3) is 0.909. The zero-order chi connectivity index (χ0) is 10.8. The fourth-order valence-corrected chi connectivity index (χ4v) is 1.60. The van der Waals surface area contributed by atoms with Crippen molar-refractivity contribution in [3.63, 3.8) is 0 Å². The van der Waals surface area contributed by atoms with Crippen molar-refractivity contribution in [2.45, 2.75) is 46.0 Å². The summed E-state index contributed by atoms with van der Waals surface area (Å²) in [5.41, 5.74) is 5.29. The summed E-state index contributed by atoms with van der Waals surface area (Å²) >= 11 is 0. The molecule has 0 bridgehead atoms. The van der Waals surface area contributed by atoms with E-state index in [0.717, 1.165) is 6.42 Å². The molecule has 0 aromatic rings. The Morgan fingerprint density at radius 1 is 1.36 bits per heavy atom. The molecule has 0 saturated heterocycles. The predicted molar refractivity (Wildman–Crippen MR) is 60.0 cm³/mol. The van der Waals surface area contributed by atoms with Crippen LogP contribution >= 0.6 is 0 Å². The first-order valence-electron chi connectivity index (χ1n) is 5.71. The van der Waals surface area contributed by atoms with Crippen LogP contribution in [0.2, 0.25) is 0 Å². The number of nitrogens with two attached hydrogens (primary N) is 1. The number of hydrogen-bond donors (Lipinski definition) is 2. The second kappa shape index (κ2) is 9.00. The minimum atomic E-state index is 0.144. The lowest BCUT2D eigenvalue weighted by Gasteiger charge is -2.12. The maximum absolute atomic E-state index is 11.3. The normalized spacial score (nSPS) is 12.5. The lowest BCUT2D eigenvalue weighted by atomic mass is 9.95. The first-order chi connectivity index (χ1) is 6.74. The van der Waals surface area contributed by atoms with Gasteiger partial charge in [-0.3, -0.25) is 4.79 Å². The van der Waals surface area contributed by atoms with Crippen LogP contribution in [0, 0.1) is 5.92 Å². The van der Waals surface area contributed by atoms with Crippen LogP contribution < -0.4 is 11.1 Å². The van der Waals surface area contributed by atoms with Gasteiger partial charge < -0.3 is 11.1 Å². The quantitative estimate of drug-likeness (QED) is 0.626. The highest BCUT2D eigenvalue weighted by molar-refractivity contribution is 5.75. The second-order valence-corrected chi connectivity index (χ2v) is 3.74. The van der Waals surface area contributed by atoms with Crippen molar-refractivity contribution in [1.82, 2.24) is 5.32 Å². The van der Waals surface area contributed by atoms with Crippen molar-refractivity contribution < 1.29 is 4.79 Å². The van der Waals surface area contributed by atoms with Crippen molar-refractivity contribution in [2.24, 2.45) is 11.7 Å². The summed E-state index contributed by atoms with van der Waals surface area (Å²) in [6.45, 7) is 5.51. The molecule has 84 valence electrons. The molecule has 0 aliphatic rings. The van der Waals surface area contributed by atoms with E-state index in [1.54, 1.807) is 0 Å². The van der Waals surface area contributed by atoms with Crippen LogP contribution in [0.3, 0.4) is 0 Å². The Labute approximate surface area is 87.4 Å². The molecule has 0 rings (SSSR count). The molecule has 1 amide bonds. The lowest BCUT2D eigenvalue weighted by molar-refractivity contribution is -0.121. The summed E-state index contributed by atoms with van der Waals surface area (Å²) in [4.78, 5) is 11.3. The van der Waals surface area contributed by atoms with Crippen molar-refractivity contribution in [2.75, 3.05) is 13.1 Å². The molecule has 0 spiro atoms. The van der Waals surface area contributed by atoms with E-state index in [1.165, 1.54) is 19.3 Å². The van der Waals surface area contributed by atoms with Gasteiger partial charge in [0.2, 0.25) is 5.91 Å². The molecule has 0 aliphatic carbocycles. The van der Waals surface area contributed by atoms with Crippen molar-refractivity contribution in [3.8, 4) is 0 Å². The van der Waals surface area contributed by atoms with E-state index < -0.39 is 0 Å². The fourth-order valence-electron chi connectivity index (χ4n) is 1.60. The van der Waals surface area contributed by atoms with Gasteiger partial charge in [0.25, 0.3) is 0 Å². The van der Waals surface area contributed by atoms with Crippen molar-refractivity contribution in [1.29, 1.82) is 0 Å². The number of carbonyl (C=O) groups is 1. The van der Waals surface area contributed by atoms with Gasteiger partial charge >= 0.3 is 0 Å². The van der Waals surface area contributed by atoms with E-state index in [9.17, 15) is 4.79 Å². The van der Waals surface area contributed by atoms with E-state index in [-0.39, 0.29) is 5.91 Å². The first kappa shape index (κ1) is 13.4. The van der Waals surface area contributed by atoms with E-state index in [1.807, 2.05) is 0 Å². The van der Waals surface area contributed by atoms with Gasteiger partial charge in [0.05, 0.1) is 0 Å². The molecule has 1 atom stereocenters. The number of hydrogen-bond acceptors (Lipinski definition) is 2. The van der Waals surface area contributed by atoms with Crippen LogP contribution in [0.1, 0.15) is 46.0 Å². The second-order valence-electron chi connectivity index (χ2n) is 3.74. The molecule has 0 heterocycles. The third-order valence-electron chi connectivity index (χ3n) is 2.52. The summed E-state index contributed by atoms with van der Waals surface area (Å²) in [6.07, 6.45) is 5.29. The highest BCUT2D eigenvalue weighted by Crippen LogP contribution is 2.16. The largest absolute Gasteiger partial charge is 0.355 e. The molecule has 0 radical (unpaired) electrons. The van der Waals surface area contributed by atoms with E-state index in [0.29, 0.717) is 25.4 Å². The highest BCUT2D eigenvalue weighted by atomic mass is 16.1. The summed E-state index contributed by atoms with van der Waals surface area (Å²) in [6, 6.07) is 0. The third kappa shape index (κ3) is 6.89. The van der Waals surface area contributed by atoms with E-state index in [2.05, 4.69) is 19.2 Å². The number of rotatable bonds is 8. The molecule has 14 heavy (non-hydrogen) atoms. The summed E-state index contributed by atoms with van der Waals surface area (Å²) in [5, 5.41) is 2.79. The van der Waals surface area contributed by atoms with Crippen LogP contribution in [0.25, 0.3) is 0 Å². The number of nitrogens with one attached hydrogen (secondary N) is 1. The minimum absolute atomic E-state index is 0.144. The Kier molecular flexibility index (Phi) is 8.64. The van der Waals surface area contributed by atoms with E-state index in [4.69, 9.17) is 5.73 Å². The lowest BCUT2D eigenvalue weighted by Crippen LogP contribution is -2.29. The van der Waals surface area contributed by atoms with Gasteiger partial charge in [0.15, 0.2) is 0 Å².